The number of rotatable bonds is 3. The number of hydrogen-bond donors (Lipinski definition) is 2. The Labute approximate surface area is 164 Å². The van der Waals surface area contributed by atoms with E-state index in [2.05, 4.69) is 64.2 Å². The minimum atomic E-state index is 0.228. The first-order chi connectivity index (χ1) is 12.8. The van der Waals surface area contributed by atoms with Crippen LogP contribution < -0.4 is 10.2 Å². The minimum absolute atomic E-state index is 0.228. The van der Waals surface area contributed by atoms with Crippen molar-refractivity contribution in [3.8, 4) is 0 Å². The summed E-state index contributed by atoms with van der Waals surface area (Å²) < 4.78 is 0. The van der Waals surface area contributed by atoms with Gasteiger partial charge >= 0.3 is 0 Å². The summed E-state index contributed by atoms with van der Waals surface area (Å²) in [7, 11) is 2.18. The van der Waals surface area contributed by atoms with Crippen LogP contribution in [0.5, 0.6) is 0 Å². The average Bonchev–Trinajstić information content (AvgIpc) is 3.19. The number of pyridine rings is 1. The van der Waals surface area contributed by atoms with Crippen LogP contribution in [0.1, 0.15) is 20.8 Å². The molecule has 1 atom stereocenters. The fourth-order valence-corrected chi connectivity index (χ4v) is 4.10. The zero-order chi connectivity index (χ0) is 19.2. The Morgan fingerprint density at radius 1 is 1.26 bits per heavy atom. The van der Waals surface area contributed by atoms with Crippen molar-refractivity contribution in [3.63, 3.8) is 0 Å². The van der Waals surface area contributed by atoms with Crippen molar-refractivity contribution in [2.45, 2.75) is 26.8 Å². The Kier molecular flexibility index (Phi) is 4.48. The molecule has 0 radical (unpaired) electrons. The van der Waals surface area contributed by atoms with Crippen LogP contribution in [0.4, 0.5) is 17.2 Å². The first-order valence-corrected chi connectivity index (χ1v) is 9.51. The van der Waals surface area contributed by atoms with Gasteiger partial charge in [0.25, 0.3) is 0 Å². The van der Waals surface area contributed by atoms with Crippen LogP contribution in [0.3, 0.4) is 0 Å². The Balaban J connectivity index is 1.55. The summed E-state index contributed by atoms with van der Waals surface area (Å²) in [6.45, 7) is 8.71. The largest absolute Gasteiger partial charge is 0.356 e. The number of fused-ring (bicyclic) bond motifs is 1. The van der Waals surface area contributed by atoms with Gasteiger partial charge in [0.1, 0.15) is 5.52 Å². The highest BCUT2D eigenvalue weighted by atomic mass is 35.5. The average molecular weight is 385 g/mol. The summed E-state index contributed by atoms with van der Waals surface area (Å²) in [5.41, 5.74) is 3.89. The van der Waals surface area contributed by atoms with E-state index in [0.29, 0.717) is 11.9 Å². The lowest BCUT2D eigenvalue weighted by Gasteiger charge is -2.31. The SMILES string of the molecule is CN1CN(c2ccc(Nc3n[nH]c4cccnc34)cc2Cl)CC1C(C)(C)C. The molecule has 1 unspecified atom stereocenters. The Hall–Kier alpha value is -2.31. The van der Waals surface area contributed by atoms with E-state index in [1.807, 2.05) is 24.3 Å². The van der Waals surface area contributed by atoms with Gasteiger partial charge in [0.2, 0.25) is 0 Å². The number of nitrogens with one attached hydrogen (secondary N) is 2. The Morgan fingerprint density at radius 3 is 2.78 bits per heavy atom. The summed E-state index contributed by atoms with van der Waals surface area (Å²) in [6.07, 6.45) is 1.76. The molecule has 4 rings (SSSR count). The molecule has 6 nitrogen and oxygen atoms in total. The number of aromatic amines is 1. The van der Waals surface area contributed by atoms with E-state index in [1.54, 1.807) is 6.20 Å². The second-order valence-electron chi connectivity index (χ2n) is 8.27. The van der Waals surface area contributed by atoms with Gasteiger partial charge in [-0.3, -0.25) is 15.0 Å². The molecule has 1 saturated heterocycles. The van der Waals surface area contributed by atoms with Crippen molar-refractivity contribution < 1.29 is 0 Å². The Bertz CT molecular complexity index is 961. The fraction of sp³-hybridized carbons (Fsp3) is 0.400. The first-order valence-electron chi connectivity index (χ1n) is 9.14. The highest BCUT2D eigenvalue weighted by Crippen LogP contribution is 2.36. The minimum Gasteiger partial charge on any atom is -0.356 e. The van der Waals surface area contributed by atoms with E-state index in [1.165, 1.54) is 0 Å². The van der Waals surface area contributed by atoms with Crippen molar-refractivity contribution in [2.24, 2.45) is 5.41 Å². The molecule has 0 bridgehead atoms. The van der Waals surface area contributed by atoms with Crippen LogP contribution in [0, 0.1) is 5.41 Å². The first kappa shape index (κ1) is 18.1. The summed E-state index contributed by atoms with van der Waals surface area (Å²) in [5.74, 6) is 0.697. The number of hydrogen-bond acceptors (Lipinski definition) is 5. The van der Waals surface area contributed by atoms with Gasteiger partial charge in [-0.25, -0.2) is 0 Å². The van der Waals surface area contributed by atoms with Gasteiger partial charge in [0, 0.05) is 24.5 Å². The molecule has 3 aromatic rings. The molecule has 2 aromatic heterocycles. The molecular formula is C20H25ClN6. The molecule has 0 saturated carbocycles. The zero-order valence-corrected chi connectivity index (χ0v) is 16.9. The fourth-order valence-electron chi connectivity index (χ4n) is 3.80. The van der Waals surface area contributed by atoms with Crippen LogP contribution in [0.2, 0.25) is 5.02 Å². The standard InChI is InChI=1S/C20H25ClN6/c1-20(2,3)17-11-27(12-26(17)4)16-8-7-13(10-14(16)21)23-19-18-15(24-25-19)6-5-9-22-18/h5-10,17H,11-12H2,1-4H3,(H2,23,24,25). The lowest BCUT2D eigenvalue weighted by molar-refractivity contribution is 0.178. The highest BCUT2D eigenvalue weighted by Gasteiger charge is 2.36. The van der Waals surface area contributed by atoms with Crippen LogP contribution in [0.25, 0.3) is 11.0 Å². The third kappa shape index (κ3) is 3.47. The normalized spacial score (nSPS) is 18.4. The van der Waals surface area contributed by atoms with E-state index in [0.717, 1.165) is 40.6 Å². The van der Waals surface area contributed by atoms with Gasteiger partial charge in [-0.1, -0.05) is 32.4 Å². The second kappa shape index (κ2) is 6.69. The van der Waals surface area contributed by atoms with E-state index in [9.17, 15) is 0 Å². The highest BCUT2D eigenvalue weighted by molar-refractivity contribution is 6.33. The molecule has 0 amide bonds. The molecule has 1 aliphatic heterocycles. The molecule has 2 N–H and O–H groups in total. The number of likely N-dealkylation sites (N-methyl/N-ethyl adjacent to an activating group) is 1. The van der Waals surface area contributed by atoms with Gasteiger partial charge in [0.15, 0.2) is 5.82 Å². The van der Waals surface area contributed by atoms with E-state index in [-0.39, 0.29) is 5.41 Å². The quantitative estimate of drug-likeness (QED) is 0.697. The zero-order valence-electron chi connectivity index (χ0n) is 16.1. The van der Waals surface area contributed by atoms with Gasteiger partial charge in [0.05, 0.1) is 22.9 Å². The van der Waals surface area contributed by atoms with Gasteiger partial charge < -0.3 is 10.2 Å². The molecular weight excluding hydrogens is 360 g/mol. The van der Waals surface area contributed by atoms with Crippen molar-refractivity contribution >= 4 is 39.8 Å². The molecule has 1 fully saturated rings. The third-order valence-corrected chi connectivity index (χ3v) is 5.49. The van der Waals surface area contributed by atoms with Crippen molar-refractivity contribution in [2.75, 3.05) is 30.5 Å². The van der Waals surface area contributed by atoms with Gasteiger partial charge in [-0.15, -0.1) is 0 Å². The Morgan fingerprint density at radius 2 is 2.07 bits per heavy atom. The predicted octanol–water partition coefficient (Wildman–Crippen LogP) is 4.48. The molecule has 1 aromatic carbocycles. The molecule has 7 heteroatoms. The lowest BCUT2D eigenvalue weighted by Crippen LogP contribution is -2.38. The predicted molar refractivity (Wildman–Crippen MR) is 112 cm³/mol. The van der Waals surface area contributed by atoms with Gasteiger partial charge in [-0.05, 0) is 42.8 Å². The van der Waals surface area contributed by atoms with Crippen LogP contribution >= 0.6 is 11.6 Å². The maximum Gasteiger partial charge on any atom is 0.178 e. The summed E-state index contributed by atoms with van der Waals surface area (Å²) in [4.78, 5) is 9.11. The van der Waals surface area contributed by atoms with E-state index in [4.69, 9.17) is 11.6 Å². The number of aromatic nitrogens is 3. The van der Waals surface area contributed by atoms with Crippen molar-refractivity contribution in [1.82, 2.24) is 20.1 Å². The third-order valence-electron chi connectivity index (χ3n) is 5.19. The topological polar surface area (TPSA) is 60.1 Å². The maximum atomic E-state index is 6.63. The van der Waals surface area contributed by atoms with Crippen molar-refractivity contribution in [1.29, 1.82) is 0 Å². The number of benzene rings is 1. The van der Waals surface area contributed by atoms with E-state index >= 15 is 0 Å². The molecule has 142 valence electrons. The molecule has 0 aliphatic carbocycles. The monoisotopic (exact) mass is 384 g/mol. The second-order valence-corrected chi connectivity index (χ2v) is 8.67. The molecule has 3 heterocycles. The lowest BCUT2D eigenvalue weighted by atomic mass is 9.86. The van der Waals surface area contributed by atoms with Crippen LogP contribution in [-0.4, -0.2) is 46.4 Å². The smallest absolute Gasteiger partial charge is 0.178 e. The molecule has 27 heavy (non-hydrogen) atoms. The van der Waals surface area contributed by atoms with Crippen molar-refractivity contribution in [3.05, 3.63) is 41.6 Å². The number of H-pyrrole nitrogens is 1. The summed E-state index contributed by atoms with van der Waals surface area (Å²) in [5, 5.41) is 11.3. The van der Waals surface area contributed by atoms with Gasteiger partial charge in [-0.2, -0.15) is 5.10 Å². The summed E-state index contributed by atoms with van der Waals surface area (Å²) in [6, 6.07) is 10.4. The maximum absolute atomic E-state index is 6.63. The van der Waals surface area contributed by atoms with E-state index < -0.39 is 0 Å². The molecule has 0 spiro atoms. The number of halogens is 1. The summed E-state index contributed by atoms with van der Waals surface area (Å²) >= 11 is 6.63. The van der Waals surface area contributed by atoms with Crippen LogP contribution in [0.15, 0.2) is 36.5 Å². The number of nitrogens with zero attached hydrogens (tertiary/aromatic N) is 4. The number of anilines is 3. The molecule has 1 aliphatic rings. The van der Waals surface area contributed by atoms with Crippen LogP contribution in [-0.2, 0) is 0 Å².